The Kier molecular flexibility index (Phi) is 5.51. The fourth-order valence-corrected chi connectivity index (χ4v) is 3.21. The third-order valence-electron chi connectivity index (χ3n) is 3.81. The van der Waals surface area contributed by atoms with Crippen LogP contribution < -0.4 is 10.1 Å². The molecule has 0 unspecified atom stereocenters. The maximum Gasteiger partial charge on any atom is 0.416 e. The van der Waals surface area contributed by atoms with Crippen LogP contribution >= 0.6 is 11.3 Å². The van der Waals surface area contributed by atoms with E-state index in [2.05, 4.69) is 5.32 Å². The second-order valence-electron chi connectivity index (χ2n) is 5.91. The van der Waals surface area contributed by atoms with Gasteiger partial charge in [-0.1, -0.05) is 24.3 Å². The molecule has 1 heterocycles. The number of hydrogen-bond acceptors (Lipinski definition) is 3. The Labute approximate surface area is 158 Å². The average molecular weight is 391 g/mol. The van der Waals surface area contributed by atoms with E-state index in [4.69, 9.17) is 4.74 Å². The minimum Gasteiger partial charge on any atom is -0.489 e. The lowest BCUT2D eigenvalue weighted by molar-refractivity contribution is -0.137. The second kappa shape index (κ2) is 7.84. The summed E-state index contributed by atoms with van der Waals surface area (Å²) in [7, 11) is 0. The van der Waals surface area contributed by atoms with Crippen molar-refractivity contribution in [3.05, 3.63) is 81.5 Å². The summed E-state index contributed by atoms with van der Waals surface area (Å²) in [6, 6.07) is 13.8. The zero-order valence-electron chi connectivity index (χ0n) is 14.3. The van der Waals surface area contributed by atoms with E-state index >= 15 is 0 Å². The van der Waals surface area contributed by atoms with Crippen molar-refractivity contribution in [3.8, 4) is 5.75 Å². The lowest BCUT2D eigenvalue weighted by Crippen LogP contribution is -2.12. The summed E-state index contributed by atoms with van der Waals surface area (Å²) >= 11 is 1.21. The molecule has 0 saturated heterocycles. The Morgan fingerprint density at radius 1 is 1.11 bits per heavy atom. The predicted molar refractivity (Wildman–Crippen MR) is 99.2 cm³/mol. The highest BCUT2D eigenvalue weighted by Crippen LogP contribution is 2.31. The quantitative estimate of drug-likeness (QED) is 0.587. The van der Waals surface area contributed by atoms with Crippen LogP contribution in [0.5, 0.6) is 5.75 Å². The summed E-state index contributed by atoms with van der Waals surface area (Å²) in [5.74, 6) is 0.306. The van der Waals surface area contributed by atoms with E-state index in [1.165, 1.54) is 23.5 Å². The van der Waals surface area contributed by atoms with Gasteiger partial charge in [0.15, 0.2) is 0 Å². The van der Waals surface area contributed by atoms with Crippen molar-refractivity contribution >= 4 is 22.9 Å². The number of anilines is 1. The number of nitrogens with one attached hydrogen (secondary N) is 1. The SMILES string of the molecule is Cc1ccccc1OCc1csc(C(=O)Nc2cccc(C(F)(F)F)c2)c1. The standard InChI is InChI=1S/C20H16F3NO2S/c1-13-5-2-3-8-17(13)26-11-14-9-18(27-12-14)19(25)24-16-7-4-6-15(10-16)20(21,22)23/h2-10,12H,11H2,1H3,(H,24,25). The van der Waals surface area contributed by atoms with Crippen LogP contribution in [0.4, 0.5) is 18.9 Å². The topological polar surface area (TPSA) is 38.3 Å². The molecular weight excluding hydrogens is 375 g/mol. The molecule has 1 N–H and O–H groups in total. The fraction of sp³-hybridized carbons (Fsp3) is 0.150. The van der Waals surface area contributed by atoms with Gasteiger partial charge >= 0.3 is 6.18 Å². The Hall–Kier alpha value is -2.80. The van der Waals surface area contributed by atoms with Crippen LogP contribution in [0.3, 0.4) is 0 Å². The number of carbonyl (C=O) groups excluding carboxylic acids is 1. The van der Waals surface area contributed by atoms with Crippen molar-refractivity contribution in [2.24, 2.45) is 0 Å². The predicted octanol–water partition coefficient (Wildman–Crippen LogP) is 5.91. The van der Waals surface area contributed by atoms with E-state index in [0.29, 0.717) is 11.5 Å². The Bertz CT molecular complexity index is 950. The molecule has 0 aliphatic carbocycles. The van der Waals surface area contributed by atoms with E-state index in [9.17, 15) is 18.0 Å². The Morgan fingerprint density at radius 2 is 1.89 bits per heavy atom. The summed E-state index contributed by atoms with van der Waals surface area (Å²) in [4.78, 5) is 12.7. The molecule has 3 rings (SSSR count). The van der Waals surface area contributed by atoms with Crippen LogP contribution in [0.1, 0.15) is 26.4 Å². The number of hydrogen-bond donors (Lipinski definition) is 1. The maximum absolute atomic E-state index is 12.8. The highest BCUT2D eigenvalue weighted by Gasteiger charge is 2.30. The third-order valence-corrected chi connectivity index (χ3v) is 4.79. The lowest BCUT2D eigenvalue weighted by Gasteiger charge is -2.09. The summed E-state index contributed by atoms with van der Waals surface area (Å²) in [5.41, 5.74) is 1.12. The maximum atomic E-state index is 12.8. The molecule has 0 aliphatic rings. The van der Waals surface area contributed by atoms with Crippen LogP contribution in [-0.4, -0.2) is 5.91 Å². The summed E-state index contributed by atoms with van der Waals surface area (Å²) in [6.45, 7) is 2.25. The molecule has 0 atom stereocenters. The molecule has 0 aliphatic heterocycles. The third kappa shape index (κ3) is 4.89. The number of amides is 1. The molecule has 7 heteroatoms. The number of aryl methyl sites for hydroxylation is 1. The molecule has 3 nitrogen and oxygen atoms in total. The largest absolute Gasteiger partial charge is 0.489 e. The minimum atomic E-state index is -4.45. The fourth-order valence-electron chi connectivity index (χ4n) is 2.42. The van der Waals surface area contributed by atoms with Gasteiger partial charge in [-0.15, -0.1) is 11.3 Å². The van der Waals surface area contributed by atoms with Gasteiger partial charge in [0.1, 0.15) is 12.4 Å². The first kappa shape index (κ1) is 19.0. The van der Waals surface area contributed by atoms with Gasteiger partial charge in [0.2, 0.25) is 0 Å². The van der Waals surface area contributed by atoms with Gasteiger partial charge in [-0.25, -0.2) is 0 Å². The monoisotopic (exact) mass is 391 g/mol. The number of para-hydroxylation sites is 1. The molecule has 0 radical (unpaired) electrons. The first-order valence-corrected chi connectivity index (χ1v) is 8.95. The van der Waals surface area contributed by atoms with Crippen LogP contribution in [0.15, 0.2) is 60.0 Å². The van der Waals surface area contributed by atoms with Gasteiger partial charge in [-0.05, 0) is 48.2 Å². The zero-order chi connectivity index (χ0) is 19.4. The van der Waals surface area contributed by atoms with E-state index in [0.717, 1.165) is 29.0 Å². The van der Waals surface area contributed by atoms with Gasteiger partial charge < -0.3 is 10.1 Å². The number of thiophene rings is 1. The van der Waals surface area contributed by atoms with Gasteiger partial charge in [0, 0.05) is 11.3 Å². The first-order valence-electron chi connectivity index (χ1n) is 8.07. The zero-order valence-corrected chi connectivity index (χ0v) is 15.2. The molecule has 1 amide bonds. The molecule has 2 aromatic carbocycles. The molecule has 1 aromatic heterocycles. The average Bonchev–Trinajstić information content (AvgIpc) is 3.10. The molecular formula is C20H16F3NO2S. The molecule has 0 bridgehead atoms. The Balaban J connectivity index is 1.64. The van der Waals surface area contributed by atoms with Gasteiger partial charge in [-0.2, -0.15) is 13.2 Å². The highest BCUT2D eigenvalue weighted by molar-refractivity contribution is 7.12. The highest BCUT2D eigenvalue weighted by atomic mass is 32.1. The lowest BCUT2D eigenvalue weighted by atomic mass is 10.2. The van der Waals surface area contributed by atoms with Crippen molar-refractivity contribution in [1.82, 2.24) is 0 Å². The van der Waals surface area contributed by atoms with Crippen molar-refractivity contribution in [2.75, 3.05) is 5.32 Å². The molecule has 0 saturated carbocycles. The number of rotatable bonds is 5. The number of benzene rings is 2. The first-order chi connectivity index (χ1) is 12.8. The van der Waals surface area contributed by atoms with Gasteiger partial charge in [0.25, 0.3) is 5.91 Å². The van der Waals surface area contributed by atoms with Gasteiger partial charge in [0.05, 0.1) is 10.4 Å². The summed E-state index contributed by atoms with van der Waals surface area (Å²) < 4.78 is 44.0. The summed E-state index contributed by atoms with van der Waals surface area (Å²) in [5, 5.41) is 4.29. The van der Waals surface area contributed by atoms with E-state index in [1.807, 2.05) is 31.2 Å². The number of carbonyl (C=O) groups is 1. The van der Waals surface area contributed by atoms with E-state index < -0.39 is 17.6 Å². The molecule has 0 spiro atoms. The van der Waals surface area contributed by atoms with Gasteiger partial charge in [-0.3, -0.25) is 4.79 Å². The normalized spacial score (nSPS) is 11.3. The van der Waals surface area contributed by atoms with Crippen molar-refractivity contribution in [1.29, 1.82) is 0 Å². The van der Waals surface area contributed by atoms with Crippen molar-refractivity contribution < 1.29 is 22.7 Å². The van der Waals surface area contributed by atoms with Crippen LogP contribution in [0.2, 0.25) is 0 Å². The molecule has 27 heavy (non-hydrogen) atoms. The molecule has 140 valence electrons. The van der Waals surface area contributed by atoms with Crippen molar-refractivity contribution in [2.45, 2.75) is 19.7 Å². The molecule has 0 fully saturated rings. The van der Waals surface area contributed by atoms with E-state index in [1.54, 1.807) is 11.4 Å². The minimum absolute atomic E-state index is 0.0981. The summed E-state index contributed by atoms with van der Waals surface area (Å²) in [6.07, 6.45) is -4.45. The number of alkyl halides is 3. The van der Waals surface area contributed by atoms with Crippen LogP contribution in [0.25, 0.3) is 0 Å². The smallest absolute Gasteiger partial charge is 0.416 e. The molecule has 3 aromatic rings. The Morgan fingerprint density at radius 3 is 2.63 bits per heavy atom. The van der Waals surface area contributed by atoms with E-state index in [-0.39, 0.29) is 5.69 Å². The van der Waals surface area contributed by atoms with Crippen molar-refractivity contribution in [3.63, 3.8) is 0 Å². The number of halogens is 3. The second-order valence-corrected chi connectivity index (χ2v) is 6.82. The van der Waals surface area contributed by atoms with Crippen LogP contribution in [-0.2, 0) is 12.8 Å². The van der Waals surface area contributed by atoms with Crippen LogP contribution in [0, 0.1) is 6.92 Å². The number of ether oxygens (including phenoxy) is 1.